The van der Waals surface area contributed by atoms with E-state index in [2.05, 4.69) is 60.0 Å². The number of hydrogen-bond donors (Lipinski definition) is 0. The molecule has 0 spiro atoms. The molecule has 1 unspecified atom stereocenters. The molecule has 0 saturated carbocycles. The molecule has 5 rings (SSSR count). The van der Waals surface area contributed by atoms with E-state index in [0.29, 0.717) is 0 Å². The fourth-order valence-electron chi connectivity index (χ4n) is 3.87. The summed E-state index contributed by atoms with van der Waals surface area (Å²) in [5.41, 5.74) is 5.38. The summed E-state index contributed by atoms with van der Waals surface area (Å²) >= 11 is 0. The SMILES string of the molecule is Cc1ccc(-n2c(C(Oc3ccccc3)c3ccccc3)cnc2-c2ccccc2)cc1. The van der Waals surface area contributed by atoms with Crippen LogP contribution in [0.2, 0.25) is 0 Å². The Bertz CT molecular complexity index is 1280. The third-order valence-electron chi connectivity index (χ3n) is 5.48. The Morgan fingerprint density at radius 3 is 1.94 bits per heavy atom. The number of imidazole rings is 1. The number of hydrogen-bond acceptors (Lipinski definition) is 2. The summed E-state index contributed by atoms with van der Waals surface area (Å²) in [6.45, 7) is 2.10. The van der Waals surface area contributed by atoms with Crippen molar-refractivity contribution in [2.45, 2.75) is 13.0 Å². The average Bonchev–Trinajstić information content (AvgIpc) is 3.29. The number of aryl methyl sites for hydroxylation is 1. The summed E-state index contributed by atoms with van der Waals surface area (Å²) in [5.74, 6) is 1.71. The number of benzene rings is 4. The van der Waals surface area contributed by atoms with Gasteiger partial charge in [-0.2, -0.15) is 0 Å². The lowest BCUT2D eigenvalue weighted by Gasteiger charge is -2.22. The molecule has 4 aromatic carbocycles. The van der Waals surface area contributed by atoms with E-state index in [1.165, 1.54) is 5.56 Å². The van der Waals surface area contributed by atoms with Gasteiger partial charge in [0.1, 0.15) is 11.6 Å². The lowest BCUT2D eigenvalue weighted by molar-refractivity contribution is 0.240. The Balaban J connectivity index is 1.70. The van der Waals surface area contributed by atoms with Crippen LogP contribution in [0, 0.1) is 6.92 Å². The van der Waals surface area contributed by atoms with Crippen molar-refractivity contribution in [2.24, 2.45) is 0 Å². The van der Waals surface area contributed by atoms with E-state index in [9.17, 15) is 0 Å². The van der Waals surface area contributed by atoms with Crippen molar-refractivity contribution < 1.29 is 4.74 Å². The molecule has 0 aliphatic rings. The second-order valence-electron chi connectivity index (χ2n) is 7.77. The minimum absolute atomic E-state index is 0.315. The zero-order valence-corrected chi connectivity index (χ0v) is 17.9. The summed E-state index contributed by atoms with van der Waals surface area (Å²) in [4.78, 5) is 4.86. The molecule has 5 aromatic rings. The van der Waals surface area contributed by atoms with Crippen molar-refractivity contribution in [2.75, 3.05) is 0 Å². The molecule has 32 heavy (non-hydrogen) atoms. The standard InChI is InChI=1S/C29H24N2O/c1-22-17-19-25(20-18-22)31-27(21-30-29(31)24-13-7-3-8-14-24)28(23-11-5-2-6-12-23)32-26-15-9-4-10-16-26/h2-21,28H,1H3. The van der Waals surface area contributed by atoms with Crippen molar-refractivity contribution in [3.05, 3.63) is 138 Å². The van der Waals surface area contributed by atoms with Crippen LogP contribution in [-0.2, 0) is 0 Å². The molecule has 1 heterocycles. The second-order valence-corrected chi connectivity index (χ2v) is 7.77. The quantitative estimate of drug-likeness (QED) is 0.297. The lowest BCUT2D eigenvalue weighted by Crippen LogP contribution is -2.14. The van der Waals surface area contributed by atoms with Crippen LogP contribution in [0.25, 0.3) is 17.1 Å². The smallest absolute Gasteiger partial charge is 0.166 e. The Morgan fingerprint density at radius 1 is 0.688 bits per heavy atom. The molecule has 3 heteroatoms. The van der Waals surface area contributed by atoms with Gasteiger partial charge in [0.05, 0.1) is 11.9 Å². The lowest BCUT2D eigenvalue weighted by atomic mass is 10.1. The fraction of sp³-hybridized carbons (Fsp3) is 0.0690. The van der Waals surface area contributed by atoms with Gasteiger partial charge in [-0.15, -0.1) is 0 Å². The van der Waals surface area contributed by atoms with Gasteiger partial charge in [-0.3, -0.25) is 4.57 Å². The third kappa shape index (κ3) is 4.06. The normalized spacial score (nSPS) is 11.8. The molecule has 3 nitrogen and oxygen atoms in total. The third-order valence-corrected chi connectivity index (χ3v) is 5.48. The van der Waals surface area contributed by atoms with Crippen molar-refractivity contribution in [3.63, 3.8) is 0 Å². The summed E-state index contributed by atoms with van der Waals surface area (Å²) in [6.07, 6.45) is 1.62. The first-order valence-electron chi connectivity index (χ1n) is 10.8. The Morgan fingerprint density at radius 2 is 1.28 bits per heavy atom. The molecule has 0 bridgehead atoms. The maximum absolute atomic E-state index is 6.56. The first-order valence-corrected chi connectivity index (χ1v) is 10.8. The van der Waals surface area contributed by atoms with Gasteiger partial charge < -0.3 is 4.74 Å². The monoisotopic (exact) mass is 416 g/mol. The van der Waals surface area contributed by atoms with Gasteiger partial charge in [0.25, 0.3) is 0 Å². The maximum atomic E-state index is 6.56. The Kier molecular flexibility index (Phi) is 5.54. The van der Waals surface area contributed by atoms with Crippen molar-refractivity contribution in [1.29, 1.82) is 0 Å². The van der Waals surface area contributed by atoms with Gasteiger partial charge in [-0.25, -0.2) is 4.98 Å². The van der Waals surface area contributed by atoms with E-state index in [-0.39, 0.29) is 6.10 Å². The van der Waals surface area contributed by atoms with E-state index < -0.39 is 0 Å². The van der Waals surface area contributed by atoms with Crippen LogP contribution in [0.4, 0.5) is 0 Å². The summed E-state index contributed by atoms with van der Waals surface area (Å²) in [7, 11) is 0. The Hall–Kier alpha value is -4.11. The molecule has 0 saturated heterocycles. The van der Waals surface area contributed by atoms with Crippen LogP contribution in [0.3, 0.4) is 0 Å². The molecule has 1 atom stereocenters. The van der Waals surface area contributed by atoms with Gasteiger partial charge in [0, 0.05) is 11.3 Å². The van der Waals surface area contributed by atoms with Gasteiger partial charge in [0.15, 0.2) is 6.10 Å². The van der Waals surface area contributed by atoms with Gasteiger partial charge in [-0.1, -0.05) is 96.6 Å². The molecular formula is C29H24N2O. The summed E-state index contributed by atoms with van der Waals surface area (Å²) < 4.78 is 8.76. The fourth-order valence-corrected chi connectivity index (χ4v) is 3.87. The zero-order chi connectivity index (χ0) is 21.8. The molecule has 0 fully saturated rings. The first-order chi connectivity index (χ1) is 15.8. The van der Waals surface area contributed by atoms with Gasteiger partial charge >= 0.3 is 0 Å². The van der Waals surface area contributed by atoms with Crippen molar-refractivity contribution in [1.82, 2.24) is 9.55 Å². The van der Waals surface area contributed by atoms with Crippen molar-refractivity contribution >= 4 is 0 Å². The van der Waals surface area contributed by atoms with E-state index >= 15 is 0 Å². The number of aromatic nitrogens is 2. The highest BCUT2D eigenvalue weighted by molar-refractivity contribution is 5.60. The molecule has 0 aliphatic carbocycles. The molecule has 0 aliphatic heterocycles. The molecule has 0 N–H and O–H groups in total. The van der Waals surface area contributed by atoms with E-state index in [0.717, 1.165) is 34.1 Å². The highest BCUT2D eigenvalue weighted by atomic mass is 16.5. The second kappa shape index (κ2) is 8.94. The van der Waals surface area contributed by atoms with E-state index in [4.69, 9.17) is 9.72 Å². The van der Waals surface area contributed by atoms with Gasteiger partial charge in [0.2, 0.25) is 0 Å². The molecule has 0 radical (unpaired) electrons. The zero-order valence-electron chi connectivity index (χ0n) is 17.9. The molecule has 156 valence electrons. The Labute approximate surface area is 188 Å². The summed E-state index contributed by atoms with van der Waals surface area (Å²) in [6, 6.07) is 39.1. The summed E-state index contributed by atoms with van der Waals surface area (Å²) in [5, 5.41) is 0. The molecule has 1 aromatic heterocycles. The number of nitrogens with zero attached hydrogens (tertiary/aromatic N) is 2. The number of para-hydroxylation sites is 1. The minimum Gasteiger partial charge on any atom is -0.479 e. The highest BCUT2D eigenvalue weighted by Crippen LogP contribution is 2.33. The topological polar surface area (TPSA) is 27.1 Å². The van der Waals surface area contributed by atoms with Gasteiger partial charge in [-0.05, 0) is 36.8 Å². The number of ether oxygens (including phenoxy) is 1. The predicted octanol–water partition coefficient (Wildman–Crippen LogP) is 7.02. The maximum Gasteiger partial charge on any atom is 0.166 e. The molecule has 0 amide bonds. The van der Waals surface area contributed by atoms with E-state index in [1.54, 1.807) is 0 Å². The average molecular weight is 417 g/mol. The number of rotatable bonds is 6. The molecular weight excluding hydrogens is 392 g/mol. The van der Waals surface area contributed by atoms with Crippen LogP contribution < -0.4 is 4.74 Å². The van der Waals surface area contributed by atoms with Crippen LogP contribution in [0.5, 0.6) is 5.75 Å². The van der Waals surface area contributed by atoms with Crippen molar-refractivity contribution in [3.8, 4) is 22.8 Å². The minimum atomic E-state index is -0.315. The predicted molar refractivity (Wildman–Crippen MR) is 129 cm³/mol. The van der Waals surface area contributed by atoms with Crippen LogP contribution in [0.1, 0.15) is 22.9 Å². The highest BCUT2D eigenvalue weighted by Gasteiger charge is 2.24. The van der Waals surface area contributed by atoms with E-state index in [1.807, 2.05) is 72.9 Å². The van der Waals surface area contributed by atoms with Crippen LogP contribution in [-0.4, -0.2) is 9.55 Å². The van der Waals surface area contributed by atoms with Crippen LogP contribution >= 0.6 is 0 Å². The van der Waals surface area contributed by atoms with Crippen LogP contribution in [0.15, 0.2) is 121 Å². The largest absolute Gasteiger partial charge is 0.479 e. The first kappa shape index (κ1) is 19.8.